The second-order valence-corrected chi connectivity index (χ2v) is 8.65. The number of hydrogen-bond donors (Lipinski definition) is 2. The molecule has 1 saturated heterocycles. The highest BCUT2D eigenvalue weighted by Crippen LogP contribution is 2.39. The fraction of sp³-hybridized carbons (Fsp3) is 0.550. The van der Waals surface area contributed by atoms with Crippen LogP contribution in [-0.4, -0.2) is 48.0 Å². The molecule has 12 heteroatoms. The summed E-state index contributed by atoms with van der Waals surface area (Å²) < 4.78 is 40.1. The summed E-state index contributed by atoms with van der Waals surface area (Å²) >= 11 is 11.8. The minimum Gasteiger partial charge on any atom is -0.484 e. The molecular formula is C20H22Cl2F2N4O4. The van der Waals surface area contributed by atoms with Crippen LogP contribution in [0.1, 0.15) is 49.4 Å². The minimum absolute atomic E-state index is 0.0499. The molecule has 0 unspecified atom stereocenters. The summed E-state index contributed by atoms with van der Waals surface area (Å²) in [6.45, 7) is -2.36. The van der Waals surface area contributed by atoms with Gasteiger partial charge in [0, 0.05) is 24.6 Å². The highest BCUT2D eigenvalue weighted by molar-refractivity contribution is 6.42. The maximum absolute atomic E-state index is 12.2. The fourth-order valence-corrected chi connectivity index (χ4v) is 4.04. The zero-order valence-electron chi connectivity index (χ0n) is 16.9. The van der Waals surface area contributed by atoms with Gasteiger partial charge in [-0.2, -0.15) is 8.78 Å². The third-order valence-electron chi connectivity index (χ3n) is 5.53. The van der Waals surface area contributed by atoms with E-state index in [0.717, 1.165) is 6.42 Å². The first-order valence-electron chi connectivity index (χ1n) is 10.2. The lowest BCUT2D eigenvalue weighted by Gasteiger charge is -2.32. The summed E-state index contributed by atoms with van der Waals surface area (Å²) in [6, 6.07) is 4.62. The smallest absolute Gasteiger partial charge is 0.345 e. The molecule has 1 amide bonds. The first kappa shape index (κ1) is 23.2. The van der Waals surface area contributed by atoms with Gasteiger partial charge in [-0.15, -0.1) is 10.2 Å². The van der Waals surface area contributed by atoms with Crippen LogP contribution >= 0.6 is 23.2 Å². The lowest BCUT2D eigenvalue weighted by atomic mass is 9.82. The van der Waals surface area contributed by atoms with Crippen LogP contribution in [0.2, 0.25) is 10.0 Å². The number of carbonyl (C=O) groups is 1. The van der Waals surface area contributed by atoms with Crippen molar-refractivity contribution < 1.29 is 27.5 Å². The number of ether oxygens (including phenoxy) is 2. The van der Waals surface area contributed by atoms with Gasteiger partial charge in [0.15, 0.2) is 6.61 Å². The van der Waals surface area contributed by atoms with Crippen molar-refractivity contribution in [3.63, 3.8) is 0 Å². The largest absolute Gasteiger partial charge is 0.484 e. The Morgan fingerprint density at radius 3 is 2.69 bits per heavy atom. The minimum atomic E-state index is -2.76. The number of piperidine rings is 1. The molecule has 2 fully saturated rings. The molecule has 0 bridgehead atoms. The second kappa shape index (κ2) is 10.3. The van der Waals surface area contributed by atoms with Crippen LogP contribution in [0, 0.1) is 0 Å². The number of nitrogens with zero attached hydrogens (tertiary/aromatic N) is 2. The molecule has 32 heavy (non-hydrogen) atoms. The quantitative estimate of drug-likeness (QED) is 0.579. The van der Waals surface area contributed by atoms with Gasteiger partial charge in [0.05, 0.1) is 22.2 Å². The molecule has 8 nitrogen and oxygen atoms in total. The van der Waals surface area contributed by atoms with E-state index < -0.39 is 12.7 Å². The van der Waals surface area contributed by atoms with Gasteiger partial charge in [-0.05, 0) is 37.8 Å². The Hall–Kier alpha value is -2.01. The number of rotatable bonds is 8. The van der Waals surface area contributed by atoms with Crippen molar-refractivity contribution in [3.8, 4) is 5.75 Å². The summed E-state index contributed by atoms with van der Waals surface area (Å²) in [5.74, 6) is 1.08. The van der Waals surface area contributed by atoms with Crippen LogP contribution in [-0.2, 0) is 9.53 Å². The van der Waals surface area contributed by atoms with Gasteiger partial charge in [-0.3, -0.25) is 4.79 Å². The predicted octanol–water partition coefficient (Wildman–Crippen LogP) is 3.85. The van der Waals surface area contributed by atoms with E-state index in [1.165, 1.54) is 0 Å². The lowest BCUT2D eigenvalue weighted by molar-refractivity contribution is -0.185. The number of benzene rings is 1. The number of nitrogens with one attached hydrogen (secondary N) is 2. The Balaban J connectivity index is 1.18. The van der Waals surface area contributed by atoms with Gasteiger partial charge in [-0.25, -0.2) is 0 Å². The maximum atomic E-state index is 12.2. The van der Waals surface area contributed by atoms with Gasteiger partial charge in [0.2, 0.25) is 11.8 Å². The molecule has 2 atom stereocenters. The molecule has 1 aliphatic heterocycles. The number of alkyl halides is 2. The molecule has 0 radical (unpaired) electrons. The van der Waals surface area contributed by atoms with Crippen LogP contribution in [0.15, 0.2) is 22.6 Å². The van der Waals surface area contributed by atoms with E-state index >= 15 is 0 Å². The number of halogens is 4. The molecular weight excluding hydrogens is 469 g/mol. The summed E-state index contributed by atoms with van der Waals surface area (Å²) in [7, 11) is 0. The van der Waals surface area contributed by atoms with Gasteiger partial charge >= 0.3 is 6.61 Å². The average Bonchev–Trinajstić information content (AvgIpc) is 3.21. The van der Waals surface area contributed by atoms with Crippen LogP contribution in [0.25, 0.3) is 0 Å². The van der Waals surface area contributed by atoms with Crippen molar-refractivity contribution in [2.24, 2.45) is 0 Å². The molecule has 174 valence electrons. The molecule has 2 heterocycles. The molecule has 2 N–H and O–H groups in total. The first-order chi connectivity index (χ1) is 15.4. The Morgan fingerprint density at radius 2 is 2.00 bits per heavy atom. The monoisotopic (exact) mass is 490 g/mol. The summed E-state index contributed by atoms with van der Waals surface area (Å²) in [5, 5.41) is 15.1. The Labute approximate surface area is 192 Å². The third kappa shape index (κ3) is 5.86. The number of carbonyl (C=O) groups excluding carboxylic acids is 1. The highest BCUT2D eigenvalue weighted by Gasteiger charge is 2.37. The van der Waals surface area contributed by atoms with E-state index in [1.807, 2.05) is 0 Å². The van der Waals surface area contributed by atoms with E-state index in [2.05, 4.69) is 25.6 Å². The van der Waals surface area contributed by atoms with Crippen molar-refractivity contribution in [1.82, 2.24) is 20.8 Å². The summed E-state index contributed by atoms with van der Waals surface area (Å²) in [6.07, 6.45) is 1.85. The standard InChI is InChI=1S/C20H22Cl2F2N4O4/c21-14-3-2-12(7-15(14)22)30-9-17(29)26-11-1-4-16(25-8-11)19-28-27-18(32-19)10-5-13(6-10)31-20(23)24/h2-3,7,10-11,13,16,20,25H,1,4-6,8-9H2,(H,26,29)/t10?,11-,13?,16+/m0/s1. The molecule has 0 spiro atoms. The molecule has 2 aromatic rings. The van der Waals surface area contributed by atoms with Crippen molar-refractivity contribution in [2.45, 2.75) is 56.4 Å². The first-order valence-corrected chi connectivity index (χ1v) is 11.0. The van der Waals surface area contributed by atoms with Gasteiger partial charge < -0.3 is 24.5 Å². The number of hydrogen-bond acceptors (Lipinski definition) is 7. The predicted molar refractivity (Wildman–Crippen MR) is 111 cm³/mol. The summed E-state index contributed by atoms with van der Waals surface area (Å²) in [5.41, 5.74) is 0. The van der Waals surface area contributed by atoms with E-state index in [1.54, 1.807) is 18.2 Å². The number of aromatic nitrogens is 2. The zero-order valence-corrected chi connectivity index (χ0v) is 18.4. The van der Waals surface area contributed by atoms with Crippen molar-refractivity contribution >= 4 is 29.1 Å². The molecule has 1 aromatic heterocycles. The Morgan fingerprint density at radius 1 is 1.22 bits per heavy atom. The van der Waals surface area contributed by atoms with E-state index in [9.17, 15) is 13.6 Å². The second-order valence-electron chi connectivity index (χ2n) is 7.83. The van der Waals surface area contributed by atoms with Gasteiger partial charge in [-0.1, -0.05) is 23.2 Å². The zero-order chi connectivity index (χ0) is 22.7. The topological polar surface area (TPSA) is 98.5 Å². The lowest BCUT2D eigenvalue weighted by Crippen LogP contribution is -2.48. The average molecular weight is 491 g/mol. The van der Waals surface area contributed by atoms with Crippen molar-refractivity contribution in [1.29, 1.82) is 0 Å². The van der Waals surface area contributed by atoms with Crippen molar-refractivity contribution in [3.05, 3.63) is 40.0 Å². The van der Waals surface area contributed by atoms with E-state index in [-0.39, 0.29) is 30.5 Å². The third-order valence-corrected chi connectivity index (χ3v) is 6.27. The maximum Gasteiger partial charge on any atom is 0.345 e. The fourth-order valence-electron chi connectivity index (χ4n) is 3.75. The molecule has 1 saturated carbocycles. The van der Waals surface area contributed by atoms with Crippen LogP contribution in [0.4, 0.5) is 8.78 Å². The van der Waals surface area contributed by atoms with Crippen LogP contribution < -0.4 is 15.4 Å². The van der Waals surface area contributed by atoms with Crippen LogP contribution in [0.3, 0.4) is 0 Å². The highest BCUT2D eigenvalue weighted by atomic mass is 35.5. The van der Waals surface area contributed by atoms with E-state index in [4.69, 9.17) is 32.4 Å². The molecule has 1 aromatic carbocycles. The Kier molecular flexibility index (Phi) is 7.44. The Bertz CT molecular complexity index is 934. The van der Waals surface area contributed by atoms with E-state index in [0.29, 0.717) is 53.4 Å². The van der Waals surface area contributed by atoms with Gasteiger partial charge in [0.1, 0.15) is 5.75 Å². The van der Waals surface area contributed by atoms with Crippen molar-refractivity contribution in [2.75, 3.05) is 13.2 Å². The van der Waals surface area contributed by atoms with Crippen LogP contribution in [0.5, 0.6) is 5.75 Å². The molecule has 4 rings (SSSR count). The normalized spacial score (nSPS) is 25.4. The number of amides is 1. The van der Waals surface area contributed by atoms with Gasteiger partial charge in [0.25, 0.3) is 5.91 Å². The summed E-state index contributed by atoms with van der Waals surface area (Å²) in [4.78, 5) is 12.2. The SMILES string of the molecule is O=C(COc1ccc(Cl)c(Cl)c1)N[C@H]1CC[C@H](c2nnc(C3CC(OC(F)F)C3)o2)NC1. The molecule has 1 aliphatic carbocycles. The molecule has 2 aliphatic rings.